The number of nitro groups is 1. The van der Waals surface area contributed by atoms with E-state index in [1.54, 1.807) is 17.8 Å². The third kappa shape index (κ3) is 4.44. The lowest BCUT2D eigenvalue weighted by atomic mass is 10.1. The average Bonchev–Trinajstić information content (AvgIpc) is 3.19. The monoisotopic (exact) mass is 373 g/mol. The van der Waals surface area contributed by atoms with Gasteiger partial charge in [0.05, 0.1) is 18.5 Å². The third-order valence-electron chi connectivity index (χ3n) is 3.61. The molecule has 0 heterocycles. The smallest absolute Gasteiger partial charge is 0.306 e. The number of carbonyl (C=O) groups is 1. The van der Waals surface area contributed by atoms with Crippen LogP contribution in [0.1, 0.15) is 24.8 Å². The molecule has 1 fully saturated rings. The molecule has 7 heteroatoms. The fraction of sp³-hybridized carbons (Fsp3) is 0.500. The number of nitrogens with zero attached hydrogens (tertiary/aromatic N) is 1. The molecule has 0 bridgehead atoms. The van der Waals surface area contributed by atoms with Gasteiger partial charge >= 0.3 is 5.97 Å². The van der Waals surface area contributed by atoms with E-state index in [9.17, 15) is 14.9 Å². The van der Waals surface area contributed by atoms with Gasteiger partial charge in [-0.1, -0.05) is 22.0 Å². The molecule has 5 nitrogen and oxygen atoms in total. The molecule has 114 valence electrons. The largest absolute Gasteiger partial charge is 0.469 e. The molecule has 0 amide bonds. The lowest BCUT2D eigenvalue weighted by molar-refractivity contribution is -0.385. The normalized spacial score (nSPS) is 15.5. The maximum Gasteiger partial charge on any atom is 0.306 e. The molecule has 0 aromatic heterocycles. The van der Waals surface area contributed by atoms with Crippen LogP contribution in [0.4, 0.5) is 5.69 Å². The minimum absolute atomic E-state index is 0.0436. The van der Waals surface area contributed by atoms with Gasteiger partial charge in [0.25, 0.3) is 5.69 Å². The van der Waals surface area contributed by atoms with Gasteiger partial charge in [0.15, 0.2) is 0 Å². The molecule has 0 atom stereocenters. The number of halogens is 1. The Labute approximate surface area is 135 Å². The summed E-state index contributed by atoms with van der Waals surface area (Å²) in [6.45, 7) is 0. The van der Waals surface area contributed by atoms with Crippen LogP contribution < -0.4 is 0 Å². The van der Waals surface area contributed by atoms with Crippen LogP contribution >= 0.6 is 27.7 Å². The summed E-state index contributed by atoms with van der Waals surface area (Å²) in [7, 11) is 1.40. The maximum absolute atomic E-state index is 11.4. The highest BCUT2D eigenvalue weighted by Crippen LogP contribution is 2.51. The van der Waals surface area contributed by atoms with Crippen molar-refractivity contribution < 1.29 is 14.5 Å². The summed E-state index contributed by atoms with van der Waals surface area (Å²) < 4.78 is 5.41. The first-order valence-electron chi connectivity index (χ1n) is 6.53. The topological polar surface area (TPSA) is 69.4 Å². The van der Waals surface area contributed by atoms with Crippen molar-refractivity contribution >= 4 is 39.3 Å². The summed E-state index contributed by atoms with van der Waals surface area (Å²) in [4.78, 5) is 22.0. The Morgan fingerprint density at radius 2 is 2.24 bits per heavy atom. The molecule has 1 aliphatic carbocycles. The van der Waals surface area contributed by atoms with Gasteiger partial charge in [0.2, 0.25) is 0 Å². The molecule has 0 radical (unpaired) electrons. The van der Waals surface area contributed by atoms with Gasteiger partial charge in [0.1, 0.15) is 0 Å². The summed E-state index contributed by atoms with van der Waals surface area (Å²) in [5.74, 6) is 1.23. The van der Waals surface area contributed by atoms with Crippen LogP contribution in [0.3, 0.4) is 0 Å². The Balaban J connectivity index is 1.92. The number of rotatable bonds is 7. The number of nitro benzene ring substituents is 1. The lowest BCUT2D eigenvalue weighted by Crippen LogP contribution is -2.13. The molecular formula is C14H16BrNO4S. The molecule has 0 saturated heterocycles. The average molecular weight is 374 g/mol. The van der Waals surface area contributed by atoms with Crippen molar-refractivity contribution in [2.45, 2.75) is 25.0 Å². The number of benzene rings is 1. The van der Waals surface area contributed by atoms with Crippen LogP contribution in [-0.2, 0) is 15.3 Å². The number of methoxy groups -OCH3 is 1. The number of hydrogen-bond acceptors (Lipinski definition) is 5. The second-order valence-corrected chi connectivity index (χ2v) is 7.18. The van der Waals surface area contributed by atoms with E-state index in [0.717, 1.165) is 18.6 Å². The van der Waals surface area contributed by atoms with Crippen molar-refractivity contribution in [3.63, 3.8) is 0 Å². The number of esters is 1. The minimum Gasteiger partial charge on any atom is -0.469 e. The molecule has 1 aromatic rings. The highest BCUT2D eigenvalue weighted by Gasteiger charge is 2.44. The van der Waals surface area contributed by atoms with Crippen LogP contribution in [0.15, 0.2) is 22.7 Å². The highest BCUT2D eigenvalue weighted by molar-refractivity contribution is 9.10. The van der Waals surface area contributed by atoms with Crippen molar-refractivity contribution in [2.24, 2.45) is 5.41 Å². The summed E-state index contributed by atoms with van der Waals surface area (Å²) in [5, 5.41) is 11.0. The molecule has 0 N–H and O–H groups in total. The zero-order valence-corrected chi connectivity index (χ0v) is 14.0. The Hall–Kier alpha value is -1.08. The van der Waals surface area contributed by atoms with E-state index in [0.29, 0.717) is 22.2 Å². The second kappa shape index (κ2) is 6.79. The number of hydrogen-bond donors (Lipinski definition) is 0. The van der Waals surface area contributed by atoms with Crippen LogP contribution in [0, 0.1) is 15.5 Å². The number of ether oxygens (including phenoxy) is 1. The van der Waals surface area contributed by atoms with Crippen molar-refractivity contribution in [2.75, 3.05) is 12.9 Å². The second-order valence-electron chi connectivity index (χ2n) is 5.28. The van der Waals surface area contributed by atoms with E-state index in [1.807, 2.05) is 6.07 Å². The van der Waals surface area contributed by atoms with Gasteiger partial charge in [-0.3, -0.25) is 14.9 Å². The van der Waals surface area contributed by atoms with Crippen LogP contribution in [0.25, 0.3) is 0 Å². The third-order valence-corrected chi connectivity index (χ3v) is 5.44. The first-order valence-corrected chi connectivity index (χ1v) is 8.48. The summed E-state index contributed by atoms with van der Waals surface area (Å²) >= 11 is 4.89. The van der Waals surface area contributed by atoms with Gasteiger partial charge < -0.3 is 4.74 Å². The summed E-state index contributed by atoms with van der Waals surface area (Å²) in [6, 6.07) is 5.11. The van der Waals surface area contributed by atoms with E-state index in [1.165, 1.54) is 13.2 Å². The van der Waals surface area contributed by atoms with E-state index in [2.05, 4.69) is 15.9 Å². The molecule has 1 aliphatic rings. The van der Waals surface area contributed by atoms with Gasteiger partial charge in [-0.2, -0.15) is 11.8 Å². The highest BCUT2D eigenvalue weighted by atomic mass is 79.9. The lowest BCUT2D eigenvalue weighted by Gasteiger charge is -2.13. The predicted molar refractivity (Wildman–Crippen MR) is 85.3 cm³/mol. The zero-order chi connectivity index (χ0) is 15.5. The first-order chi connectivity index (χ1) is 9.96. The molecule has 2 rings (SSSR count). The Morgan fingerprint density at radius 3 is 2.81 bits per heavy atom. The fourth-order valence-corrected chi connectivity index (χ4v) is 3.87. The Kier molecular flexibility index (Phi) is 5.27. The Bertz CT molecular complexity index is 560. The van der Waals surface area contributed by atoms with Crippen molar-refractivity contribution in [3.8, 4) is 0 Å². The van der Waals surface area contributed by atoms with Crippen molar-refractivity contribution in [1.29, 1.82) is 0 Å². The molecule has 1 aromatic carbocycles. The van der Waals surface area contributed by atoms with Crippen molar-refractivity contribution in [1.82, 2.24) is 0 Å². The summed E-state index contributed by atoms with van der Waals surface area (Å²) in [5.41, 5.74) is 0.888. The molecular weight excluding hydrogens is 358 g/mol. The fourth-order valence-electron chi connectivity index (χ4n) is 2.13. The zero-order valence-electron chi connectivity index (χ0n) is 11.6. The van der Waals surface area contributed by atoms with Gasteiger partial charge in [-0.15, -0.1) is 0 Å². The van der Waals surface area contributed by atoms with E-state index in [4.69, 9.17) is 4.74 Å². The van der Waals surface area contributed by atoms with E-state index >= 15 is 0 Å². The predicted octanol–water partition coefficient (Wildman–Crippen LogP) is 3.93. The van der Waals surface area contributed by atoms with Gasteiger partial charge in [-0.05, 0) is 30.1 Å². The van der Waals surface area contributed by atoms with Crippen LogP contribution in [0.2, 0.25) is 0 Å². The molecule has 0 spiro atoms. The van der Waals surface area contributed by atoms with E-state index < -0.39 is 0 Å². The maximum atomic E-state index is 11.4. The molecule has 0 aliphatic heterocycles. The van der Waals surface area contributed by atoms with Crippen LogP contribution in [0.5, 0.6) is 0 Å². The minimum atomic E-state index is -0.359. The molecule has 21 heavy (non-hydrogen) atoms. The number of thioether (sulfide) groups is 1. The van der Waals surface area contributed by atoms with Crippen molar-refractivity contribution in [3.05, 3.63) is 38.3 Å². The Morgan fingerprint density at radius 1 is 1.52 bits per heavy atom. The number of carbonyl (C=O) groups excluding carboxylic acids is 1. The van der Waals surface area contributed by atoms with Gasteiger partial charge in [0, 0.05) is 21.9 Å². The first kappa shape index (κ1) is 16.3. The van der Waals surface area contributed by atoms with E-state index in [-0.39, 0.29) is 22.0 Å². The quantitative estimate of drug-likeness (QED) is 0.411. The molecule has 0 unspecified atom stereocenters. The SMILES string of the molecule is COC(=O)CC1(CSCc2ccc(Br)cc2[N+](=O)[O-])CC1. The van der Waals surface area contributed by atoms with Crippen LogP contribution in [-0.4, -0.2) is 23.8 Å². The molecule has 1 saturated carbocycles. The van der Waals surface area contributed by atoms with Gasteiger partial charge in [-0.25, -0.2) is 0 Å². The summed E-state index contributed by atoms with van der Waals surface area (Å²) in [6.07, 6.45) is 2.49. The standard InChI is InChI=1S/C14H16BrNO4S/c1-20-13(17)7-14(4-5-14)9-21-8-10-2-3-11(15)6-12(10)16(18)19/h2-3,6H,4-5,7-9H2,1H3.